The number of hydrogen-bond acceptors (Lipinski definition) is 4. The maximum Gasteiger partial charge on any atom is 0.136 e. The molecule has 0 saturated carbocycles. The van der Waals surface area contributed by atoms with Gasteiger partial charge in [-0.2, -0.15) is 0 Å². The molecular formula is C28H38I2O4. The minimum atomic E-state index is 0.763. The van der Waals surface area contributed by atoms with E-state index in [4.69, 9.17) is 18.9 Å². The van der Waals surface area contributed by atoms with Gasteiger partial charge in [0.05, 0.1) is 33.6 Å². The van der Waals surface area contributed by atoms with Crippen molar-refractivity contribution in [2.75, 3.05) is 26.4 Å². The molecule has 1 heterocycles. The van der Waals surface area contributed by atoms with E-state index in [2.05, 4.69) is 45.2 Å². The van der Waals surface area contributed by atoms with Crippen molar-refractivity contribution in [1.29, 1.82) is 0 Å². The van der Waals surface area contributed by atoms with Gasteiger partial charge in [0, 0.05) is 0 Å². The first-order chi connectivity index (χ1) is 16.8. The fourth-order valence-corrected chi connectivity index (χ4v) is 5.32. The van der Waals surface area contributed by atoms with E-state index < -0.39 is 0 Å². The number of halogens is 2. The van der Waals surface area contributed by atoms with Crippen LogP contribution in [0, 0.1) is 7.14 Å². The maximum atomic E-state index is 6.05. The van der Waals surface area contributed by atoms with E-state index >= 15 is 0 Å². The molecule has 188 valence electrons. The van der Waals surface area contributed by atoms with Gasteiger partial charge in [0.15, 0.2) is 0 Å². The number of ether oxygens (including phenoxy) is 4. The summed E-state index contributed by atoms with van der Waals surface area (Å²) in [4.78, 5) is 0. The van der Waals surface area contributed by atoms with Crippen LogP contribution in [0.3, 0.4) is 0 Å². The molecule has 0 radical (unpaired) electrons. The van der Waals surface area contributed by atoms with Gasteiger partial charge in [-0.15, -0.1) is 0 Å². The lowest BCUT2D eigenvalue weighted by Gasteiger charge is -2.13. The molecule has 2 aromatic rings. The van der Waals surface area contributed by atoms with E-state index in [1.165, 1.54) is 51.4 Å². The van der Waals surface area contributed by atoms with E-state index in [1.807, 2.05) is 36.4 Å². The second-order valence-corrected chi connectivity index (χ2v) is 10.9. The van der Waals surface area contributed by atoms with Gasteiger partial charge in [0.2, 0.25) is 0 Å². The summed E-state index contributed by atoms with van der Waals surface area (Å²) in [5.41, 5.74) is 0. The largest absolute Gasteiger partial charge is 0.492 e. The van der Waals surface area contributed by atoms with E-state index in [0.717, 1.165) is 82.2 Å². The molecule has 0 amide bonds. The Balaban J connectivity index is 1.47. The Morgan fingerprint density at radius 1 is 0.382 bits per heavy atom. The average molecular weight is 692 g/mol. The van der Waals surface area contributed by atoms with Crippen LogP contribution in [0.4, 0.5) is 0 Å². The summed E-state index contributed by atoms with van der Waals surface area (Å²) < 4.78 is 26.4. The number of benzene rings is 2. The van der Waals surface area contributed by atoms with Crippen LogP contribution in [-0.2, 0) is 0 Å². The van der Waals surface area contributed by atoms with Crippen molar-refractivity contribution in [3.05, 3.63) is 43.5 Å². The Kier molecular flexibility index (Phi) is 13.6. The highest BCUT2D eigenvalue weighted by molar-refractivity contribution is 14.1. The highest BCUT2D eigenvalue weighted by Gasteiger charge is 2.09. The Bertz CT molecular complexity index is 713. The summed E-state index contributed by atoms with van der Waals surface area (Å²) in [6.07, 6.45) is 14.1. The van der Waals surface area contributed by atoms with Crippen molar-refractivity contribution in [2.24, 2.45) is 0 Å². The molecule has 34 heavy (non-hydrogen) atoms. The molecule has 4 nitrogen and oxygen atoms in total. The standard InChI is InChI=1S/C28H38I2O4/c29-27-23-15-13-17-25(27)33-21-11-7-3-4-8-12-22-34-26-18-14-16-24(28(26)30)32-20-10-6-2-1-5-9-19-31-23/h13-18H,1-12,19-22H2. The van der Waals surface area contributed by atoms with Gasteiger partial charge in [-0.25, -0.2) is 0 Å². The van der Waals surface area contributed by atoms with Gasteiger partial charge in [0.25, 0.3) is 0 Å². The van der Waals surface area contributed by atoms with E-state index in [-0.39, 0.29) is 0 Å². The van der Waals surface area contributed by atoms with Gasteiger partial charge in [0.1, 0.15) is 23.0 Å². The number of rotatable bonds is 0. The third-order valence-electron chi connectivity index (χ3n) is 5.96. The molecule has 0 aromatic heterocycles. The lowest BCUT2D eigenvalue weighted by Crippen LogP contribution is -2.03. The Labute approximate surface area is 232 Å². The molecule has 0 fully saturated rings. The molecule has 0 aliphatic carbocycles. The monoisotopic (exact) mass is 692 g/mol. The van der Waals surface area contributed by atoms with E-state index in [1.54, 1.807) is 0 Å². The van der Waals surface area contributed by atoms with Crippen LogP contribution in [0.5, 0.6) is 23.0 Å². The second-order valence-electron chi connectivity index (χ2n) is 8.77. The van der Waals surface area contributed by atoms with Crippen LogP contribution in [0.2, 0.25) is 0 Å². The molecule has 0 saturated heterocycles. The van der Waals surface area contributed by atoms with Crippen molar-refractivity contribution >= 4 is 45.2 Å². The van der Waals surface area contributed by atoms with E-state index in [0.29, 0.717) is 0 Å². The minimum absolute atomic E-state index is 0.763. The lowest BCUT2D eigenvalue weighted by molar-refractivity contribution is 0.279. The van der Waals surface area contributed by atoms with Gasteiger partial charge >= 0.3 is 0 Å². The van der Waals surface area contributed by atoms with Crippen molar-refractivity contribution in [1.82, 2.24) is 0 Å². The fraction of sp³-hybridized carbons (Fsp3) is 0.571. The van der Waals surface area contributed by atoms with Gasteiger partial charge in [-0.1, -0.05) is 63.5 Å². The summed E-state index contributed by atoms with van der Waals surface area (Å²) in [5.74, 6) is 3.77. The molecule has 2 aromatic carbocycles. The molecule has 4 bridgehead atoms. The Morgan fingerprint density at radius 3 is 0.882 bits per heavy atom. The zero-order chi connectivity index (χ0) is 23.8. The molecule has 0 spiro atoms. The highest BCUT2D eigenvalue weighted by Crippen LogP contribution is 2.31. The van der Waals surface area contributed by atoms with Gasteiger partial charge in [-0.3, -0.25) is 0 Å². The predicted octanol–water partition coefficient (Wildman–Crippen LogP) is 8.81. The molecular weight excluding hydrogens is 654 g/mol. The van der Waals surface area contributed by atoms with E-state index in [9.17, 15) is 0 Å². The SMILES string of the molecule is Ic1c2cccc1OCCCCCCCCOc1cccc(c1I)OCCCCCCCCO2. The summed E-state index contributed by atoms with van der Waals surface area (Å²) in [5, 5.41) is 0. The van der Waals surface area contributed by atoms with Crippen molar-refractivity contribution in [3.63, 3.8) is 0 Å². The first kappa shape index (κ1) is 27.7. The summed E-state index contributed by atoms with van der Waals surface area (Å²) in [7, 11) is 0. The van der Waals surface area contributed by atoms with Crippen molar-refractivity contribution in [3.8, 4) is 23.0 Å². The van der Waals surface area contributed by atoms with Crippen LogP contribution < -0.4 is 18.9 Å². The first-order valence-electron chi connectivity index (χ1n) is 12.8. The third-order valence-corrected chi connectivity index (χ3v) is 8.09. The predicted molar refractivity (Wildman–Crippen MR) is 156 cm³/mol. The highest BCUT2D eigenvalue weighted by atomic mass is 127. The summed E-state index contributed by atoms with van der Waals surface area (Å²) in [6.45, 7) is 3.05. The molecule has 0 atom stereocenters. The lowest BCUT2D eigenvalue weighted by atomic mass is 10.1. The average Bonchev–Trinajstić information content (AvgIpc) is 2.84. The molecule has 6 heteroatoms. The zero-order valence-electron chi connectivity index (χ0n) is 20.2. The zero-order valence-corrected chi connectivity index (χ0v) is 24.5. The minimum Gasteiger partial charge on any atom is -0.492 e. The maximum absolute atomic E-state index is 6.05. The number of fused-ring (bicyclic) bond motifs is 4. The Morgan fingerprint density at radius 2 is 0.618 bits per heavy atom. The molecule has 1 aliphatic rings. The third kappa shape index (κ3) is 9.99. The topological polar surface area (TPSA) is 36.9 Å². The second kappa shape index (κ2) is 16.7. The fourth-order valence-electron chi connectivity index (χ4n) is 3.98. The van der Waals surface area contributed by atoms with Crippen LogP contribution in [0.1, 0.15) is 77.0 Å². The smallest absolute Gasteiger partial charge is 0.136 e. The Hall–Kier alpha value is -0.900. The molecule has 0 N–H and O–H groups in total. The normalized spacial score (nSPS) is 17.9. The van der Waals surface area contributed by atoms with Crippen LogP contribution >= 0.6 is 45.2 Å². The summed E-state index contributed by atoms with van der Waals surface area (Å²) in [6, 6.07) is 12.2. The van der Waals surface area contributed by atoms with Crippen molar-refractivity contribution < 1.29 is 18.9 Å². The summed E-state index contributed by atoms with van der Waals surface area (Å²) >= 11 is 4.70. The quantitative estimate of drug-likeness (QED) is 0.259. The van der Waals surface area contributed by atoms with Crippen molar-refractivity contribution in [2.45, 2.75) is 77.0 Å². The molecule has 0 unspecified atom stereocenters. The van der Waals surface area contributed by atoms with Gasteiger partial charge in [-0.05, 0) is 95.1 Å². The first-order valence-corrected chi connectivity index (χ1v) is 15.0. The number of hydrogen-bond donors (Lipinski definition) is 0. The van der Waals surface area contributed by atoms with Crippen LogP contribution in [0.25, 0.3) is 0 Å². The molecule has 1 aliphatic heterocycles. The van der Waals surface area contributed by atoms with Gasteiger partial charge < -0.3 is 18.9 Å². The van der Waals surface area contributed by atoms with Crippen LogP contribution in [-0.4, -0.2) is 26.4 Å². The molecule has 3 rings (SSSR count). The van der Waals surface area contributed by atoms with Crippen LogP contribution in [0.15, 0.2) is 36.4 Å².